The molecule has 94 valence electrons. The molecule has 1 aromatic heterocycles. The second kappa shape index (κ2) is 4.90. The van der Waals surface area contributed by atoms with E-state index in [1.54, 1.807) is 11.3 Å². The van der Waals surface area contributed by atoms with E-state index >= 15 is 0 Å². The first-order valence-corrected chi connectivity index (χ1v) is 6.99. The van der Waals surface area contributed by atoms with Crippen molar-refractivity contribution in [3.8, 4) is 5.75 Å². The lowest BCUT2D eigenvalue weighted by molar-refractivity contribution is 0.181. The molecule has 2 atom stereocenters. The van der Waals surface area contributed by atoms with E-state index in [4.69, 9.17) is 22.2 Å². The van der Waals surface area contributed by atoms with Crippen molar-refractivity contribution in [1.82, 2.24) is 5.43 Å². The van der Waals surface area contributed by atoms with Gasteiger partial charge in [0.05, 0.1) is 11.1 Å². The van der Waals surface area contributed by atoms with Crippen molar-refractivity contribution in [2.45, 2.75) is 18.6 Å². The van der Waals surface area contributed by atoms with E-state index in [9.17, 15) is 0 Å². The van der Waals surface area contributed by atoms with Crippen LogP contribution >= 0.6 is 22.9 Å². The van der Waals surface area contributed by atoms with Gasteiger partial charge >= 0.3 is 0 Å². The molecular formula is C13H13ClN2OS. The molecule has 18 heavy (non-hydrogen) atoms. The largest absolute Gasteiger partial charge is 0.488 e. The van der Waals surface area contributed by atoms with Gasteiger partial charge in [0, 0.05) is 11.3 Å². The highest BCUT2D eigenvalue weighted by molar-refractivity contribution is 7.10. The van der Waals surface area contributed by atoms with Gasteiger partial charge in [0.25, 0.3) is 0 Å². The lowest BCUT2D eigenvalue weighted by atomic mass is 10.0. The van der Waals surface area contributed by atoms with Crippen LogP contribution in [0.4, 0.5) is 0 Å². The van der Waals surface area contributed by atoms with Gasteiger partial charge in [0.15, 0.2) is 0 Å². The molecular weight excluding hydrogens is 268 g/mol. The van der Waals surface area contributed by atoms with Crippen molar-refractivity contribution in [2.75, 3.05) is 0 Å². The number of thiophene rings is 1. The van der Waals surface area contributed by atoms with Gasteiger partial charge in [-0.2, -0.15) is 0 Å². The summed E-state index contributed by atoms with van der Waals surface area (Å²) in [5, 5.41) is 2.70. The van der Waals surface area contributed by atoms with E-state index in [0.717, 1.165) is 22.1 Å². The molecule has 0 bridgehead atoms. The summed E-state index contributed by atoms with van der Waals surface area (Å²) in [7, 11) is 0. The molecule has 0 radical (unpaired) electrons. The third kappa shape index (κ3) is 2.01. The molecule has 3 rings (SSSR count). The zero-order valence-electron chi connectivity index (χ0n) is 9.60. The minimum atomic E-state index is -0.0788. The minimum absolute atomic E-state index is 0.0106. The molecule has 3 N–H and O–H groups in total. The van der Waals surface area contributed by atoms with Crippen molar-refractivity contribution in [3.63, 3.8) is 0 Å². The second-order valence-corrected chi connectivity index (χ2v) is 5.60. The maximum atomic E-state index is 6.16. The van der Waals surface area contributed by atoms with E-state index < -0.39 is 0 Å². The van der Waals surface area contributed by atoms with Gasteiger partial charge in [-0.05, 0) is 23.1 Å². The number of fused-ring (bicyclic) bond motifs is 1. The monoisotopic (exact) mass is 280 g/mol. The number of para-hydroxylation sites is 1. The minimum Gasteiger partial charge on any atom is -0.488 e. The van der Waals surface area contributed by atoms with Gasteiger partial charge < -0.3 is 4.74 Å². The highest BCUT2D eigenvalue weighted by Gasteiger charge is 2.32. The SMILES string of the molecule is NNC(c1sccc1Cl)C1Cc2ccccc2O1. The number of ether oxygens (including phenoxy) is 1. The number of rotatable bonds is 3. The molecule has 5 heteroatoms. The Morgan fingerprint density at radius 3 is 2.89 bits per heavy atom. The third-order valence-electron chi connectivity index (χ3n) is 3.15. The molecule has 1 aliphatic rings. The summed E-state index contributed by atoms with van der Waals surface area (Å²) in [6, 6.07) is 9.87. The van der Waals surface area contributed by atoms with Gasteiger partial charge in [-0.3, -0.25) is 5.84 Å². The summed E-state index contributed by atoms with van der Waals surface area (Å²) in [5.74, 6) is 6.61. The highest BCUT2D eigenvalue weighted by atomic mass is 35.5. The Labute approximate surface area is 114 Å². The fourth-order valence-corrected chi connectivity index (χ4v) is 3.56. The first-order valence-electron chi connectivity index (χ1n) is 5.73. The Balaban J connectivity index is 1.86. The number of nitrogens with one attached hydrogen (secondary N) is 1. The number of hydrazine groups is 1. The predicted molar refractivity (Wildman–Crippen MR) is 74.0 cm³/mol. The van der Waals surface area contributed by atoms with E-state index in [1.807, 2.05) is 29.6 Å². The molecule has 1 aromatic carbocycles. The normalized spacial score (nSPS) is 19.3. The van der Waals surface area contributed by atoms with Gasteiger partial charge in [-0.1, -0.05) is 29.8 Å². The van der Waals surface area contributed by atoms with Crippen molar-refractivity contribution in [3.05, 3.63) is 51.2 Å². The Hall–Kier alpha value is -1.07. The van der Waals surface area contributed by atoms with Crippen molar-refractivity contribution in [2.24, 2.45) is 5.84 Å². The average Bonchev–Trinajstić information content (AvgIpc) is 2.97. The summed E-state index contributed by atoms with van der Waals surface area (Å²) in [6.45, 7) is 0. The van der Waals surface area contributed by atoms with Crippen LogP contribution in [0.25, 0.3) is 0 Å². The van der Waals surface area contributed by atoms with Crippen molar-refractivity contribution < 1.29 is 4.74 Å². The molecule has 2 aromatic rings. The van der Waals surface area contributed by atoms with E-state index in [0.29, 0.717) is 0 Å². The molecule has 0 spiro atoms. The Morgan fingerprint density at radius 1 is 1.39 bits per heavy atom. The highest BCUT2D eigenvalue weighted by Crippen LogP contribution is 2.37. The molecule has 2 unspecified atom stereocenters. The van der Waals surface area contributed by atoms with E-state index in [1.165, 1.54) is 5.56 Å². The van der Waals surface area contributed by atoms with Crippen molar-refractivity contribution in [1.29, 1.82) is 0 Å². The Kier molecular flexibility index (Phi) is 3.26. The topological polar surface area (TPSA) is 47.3 Å². The maximum Gasteiger partial charge on any atom is 0.124 e. The van der Waals surface area contributed by atoms with Gasteiger partial charge in [0.2, 0.25) is 0 Å². The van der Waals surface area contributed by atoms with Crippen LogP contribution in [0, 0.1) is 0 Å². The summed E-state index contributed by atoms with van der Waals surface area (Å²) in [5.41, 5.74) is 4.04. The number of hydrogen-bond acceptors (Lipinski definition) is 4. The molecule has 0 fully saturated rings. The summed E-state index contributed by atoms with van der Waals surface area (Å²) >= 11 is 7.76. The zero-order valence-corrected chi connectivity index (χ0v) is 11.2. The van der Waals surface area contributed by atoms with Crippen molar-refractivity contribution >= 4 is 22.9 Å². The average molecular weight is 281 g/mol. The first kappa shape index (κ1) is 12.0. The van der Waals surface area contributed by atoms with Crippen LogP contribution in [0.15, 0.2) is 35.7 Å². The Morgan fingerprint density at radius 2 is 2.22 bits per heavy atom. The molecule has 0 amide bonds. The molecule has 0 saturated heterocycles. The van der Waals surface area contributed by atoms with Crippen LogP contribution in [-0.4, -0.2) is 6.10 Å². The molecule has 2 heterocycles. The second-order valence-electron chi connectivity index (χ2n) is 4.25. The van der Waals surface area contributed by atoms with Crippen LogP contribution in [-0.2, 0) is 6.42 Å². The maximum absolute atomic E-state index is 6.16. The smallest absolute Gasteiger partial charge is 0.124 e. The predicted octanol–water partition coefficient (Wildman–Crippen LogP) is 2.91. The van der Waals surface area contributed by atoms with Gasteiger partial charge in [-0.15, -0.1) is 11.3 Å². The number of hydrogen-bond donors (Lipinski definition) is 2. The zero-order chi connectivity index (χ0) is 12.5. The van der Waals surface area contributed by atoms with Crippen LogP contribution in [0.1, 0.15) is 16.5 Å². The number of halogens is 1. The molecule has 1 aliphatic heterocycles. The fourth-order valence-electron chi connectivity index (χ4n) is 2.27. The first-order chi connectivity index (χ1) is 8.79. The van der Waals surface area contributed by atoms with Crippen LogP contribution in [0.3, 0.4) is 0 Å². The van der Waals surface area contributed by atoms with Crippen LogP contribution in [0.5, 0.6) is 5.75 Å². The molecule has 3 nitrogen and oxygen atoms in total. The third-order valence-corrected chi connectivity index (χ3v) is 4.59. The quantitative estimate of drug-likeness (QED) is 0.671. The van der Waals surface area contributed by atoms with Crippen LogP contribution in [0.2, 0.25) is 5.02 Å². The summed E-state index contributed by atoms with van der Waals surface area (Å²) in [4.78, 5) is 1.02. The van der Waals surface area contributed by atoms with E-state index in [-0.39, 0.29) is 12.1 Å². The van der Waals surface area contributed by atoms with Crippen LogP contribution < -0.4 is 16.0 Å². The Bertz CT molecular complexity index is 532. The lowest BCUT2D eigenvalue weighted by Gasteiger charge is -2.21. The fraction of sp³-hybridized carbons (Fsp3) is 0.231. The summed E-state index contributed by atoms with van der Waals surface area (Å²) < 4.78 is 5.94. The van der Waals surface area contributed by atoms with E-state index in [2.05, 4.69) is 11.5 Å². The van der Waals surface area contributed by atoms with Gasteiger partial charge in [-0.25, -0.2) is 5.43 Å². The molecule has 0 saturated carbocycles. The molecule has 0 aliphatic carbocycles. The number of nitrogens with two attached hydrogens (primary N) is 1. The standard InChI is InChI=1S/C13H13ClN2OS/c14-9-5-6-18-13(9)12(16-15)11-7-8-3-1-2-4-10(8)17-11/h1-6,11-12,16H,7,15H2. The van der Waals surface area contributed by atoms with Gasteiger partial charge in [0.1, 0.15) is 11.9 Å². The number of benzene rings is 1. The summed E-state index contributed by atoms with van der Waals surface area (Å²) in [6.07, 6.45) is 0.836. The lowest BCUT2D eigenvalue weighted by Crippen LogP contribution is -2.38.